The zero-order chi connectivity index (χ0) is 12.7. The average Bonchev–Trinajstić information content (AvgIpc) is 2.33. The highest BCUT2D eigenvalue weighted by atomic mass is 35.5. The number of Topliss-reactive ketones (excluding diaryl/α,β-unsaturated/α-hetero) is 1. The predicted molar refractivity (Wildman–Crippen MR) is 72.7 cm³/mol. The number of carbonyl (C=O) groups excluding carboxylic acids is 1. The molecule has 0 aliphatic heterocycles. The van der Waals surface area contributed by atoms with Crippen molar-refractivity contribution in [1.29, 1.82) is 0 Å². The number of benzene rings is 1. The molecular weight excluding hydrogens is 236 g/mol. The molecule has 0 unspecified atom stereocenters. The van der Waals surface area contributed by atoms with Crippen molar-refractivity contribution in [3.05, 3.63) is 29.3 Å². The maximum absolute atomic E-state index is 11.6. The van der Waals surface area contributed by atoms with Gasteiger partial charge in [-0.2, -0.15) is 5.10 Å². The van der Waals surface area contributed by atoms with Crippen LogP contribution in [-0.4, -0.2) is 11.5 Å². The smallest absolute Gasteiger partial charge is 0.178 e. The standard InChI is InChI=1S/C13H17ClN2O/c1-3-4-8-13(17)10(2)15-16-12-7-5-6-11(14)9-12/h5-7,9,16H,3-4,8H2,1-2H3/b15-10+. The molecule has 0 saturated carbocycles. The molecule has 0 spiro atoms. The van der Waals surface area contributed by atoms with Crippen molar-refractivity contribution in [1.82, 2.24) is 0 Å². The van der Waals surface area contributed by atoms with E-state index in [9.17, 15) is 4.79 Å². The summed E-state index contributed by atoms with van der Waals surface area (Å²) in [5.74, 6) is 0.0846. The first kappa shape index (κ1) is 13.7. The van der Waals surface area contributed by atoms with Crippen LogP contribution in [0.2, 0.25) is 5.02 Å². The molecule has 4 heteroatoms. The second-order valence-electron chi connectivity index (χ2n) is 3.85. The Morgan fingerprint density at radius 3 is 2.88 bits per heavy atom. The van der Waals surface area contributed by atoms with Gasteiger partial charge in [0.2, 0.25) is 0 Å². The molecule has 3 nitrogen and oxygen atoms in total. The molecule has 0 radical (unpaired) electrons. The lowest BCUT2D eigenvalue weighted by molar-refractivity contribution is -0.113. The first-order chi connectivity index (χ1) is 8.13. The minimum absolute atomic E-state index is 0.0846. The molecule has 0 amide bonds. The van der Waals surface area contributed by atoms with E-state index in [0.29, 0.717) is 17.2 Å². The Bertz CT molecular complexity index is 416. The number of nitrogens with zero attached hydrogens (tertiary/aromatic N) is 1. The Labute approximate surface area is 107 Å². The number of hydrogen-bond acceptors (Lipinski definition) is 3. The van der Waals surface area contributed by atoms with Gasteiger partial charge in [0.1, 0.15) is 5.71 Å². The Morgan fingerprint density at radius 2 is 2.24 bits per heavy atom. The van der Waals surface area contributed by atoms with Gasteiger partial charge < -0.3 is 0 Å². The van der Waals surface area contributed by atoms with Crippen LogP contribution in [0.5, 0.6) is 0 Å². The zero-order valence-corrected chi connectivity index (χ0v) is 10.9. The molecule has 17 heavy (non-hydrogen) atoms. The van der Waals surface area contributed by atoms with Gasteiger partial charge in [-0.05, 0) is 31.5 Å². The van der Waals surface area contributed by atoms with E-state index in [1.165, 1.54) is 0 Å². The van der Waals surface area contributed by atoms with Crippen LogP contribution in [0.4, 0.5) is 5.69 Å². The molecule has 92 valence electrons. The molecule has 1 N–H and O–H groups in total. The molecule has 0 atom stereocenters. The van der Waals surface area contributed by atoms with Crippen molar-refractivity contribution >= 4 is 28.8 Å². The molecule has 0 saturated heterocycles. The Hall–Kier alpha value is -1.35. The van der Waals surface area contributed by atoms with Crippen molar-refractivity contribution in [2.45, 2.75) is 33.1 Å². The van der Waals surface area contributed by atoms with Gasteiger partial charge in [0.05, 0.1) is 5.69 Å². The Kier molecular flexibility index (Phi) is 5.70. The molecule has 0 aliphatic carbocycles. The van der Waals surface area contributed by atoms with Gasteiger partial charge in [0.15, 0.2) is 5.78 Å². The van der Waals surface area contributed by atoms with Crippen LogP contribution in [0.15, 0.2) is 29.4 Å². The van der Waals surface area contributed by atoms with E-state index in [1.54, 1.807) is 19.1 Å². The van der Waals surface area contributed by atoms with Gasteiger partial charge in [-0.25, -0.2) is 0 Å². The van der Waals surface area contributed by atoms with Crippen LogP contribution >= 0.6 is 11.6 Å². The predicted octanol–water partition coefficient (Wildman–Crippen LogP) is 3.89. The fourth-order valence-corrected chi connectivity index (χ4v) is 1.48. The molecule has 1 aromatic rings. The van der Waals surface area contributed by atoms with E-state index in [1.807, 2.05) is 12.1 Å². The lowest BCUT2D eigenvalue weighted by Gasteiger charge is -2.03. The van der Waals surface area contributed by atoms with Crippen LogP contribution in [0, 0.1) is 0 Å². The van der Waals surface area contributed by atoms with Crippen molar-refractivity contribution in [2.24, 2.45) is 5.10 Å². The molecule has 0 bridgehead atoms. The third-order valence-electron chi connectivity index (χ3n) is 2.34. The summed E-state index contributed by atoms with van der Waals surface area (Å²) in [5.41, 5.74) is 4.10. The van der Waals surface area contributed by atoms with E-state index >= 15 is 0 Å². The lowest BCUT2D eigenvalue weighted by Crippen LogP contribution is -2.11. The summed E-state index contributed by atoms with van der Waals surface area (Å²) in [5, 5.41) is 4.69. The van der Waals surface area contributed by atoms with E-state index < -0.39 is 0 Å². The number of hydrazone groups is 1. The summed E-state index contributed by atoms with van der Waals surface area (Å²) >= 11 is 5.84. The number of nitrogens with one attached hydrogen (secondary N) is 1. The average molecular weight is 253 g/mol. The largest absolute Gasteiger partial charge is 0.293 e. The summed E-state index contributed by atoms with van der Waals surface area (Å²) in [7, 11) is 0. The highest BCUT2D eigenvalue weighted by Gasteiger charge is 2.04. The number of hydrogen-bond donors (Lipinski definition) is 1. The molecule has 0 aliphatic rings. The number of unbranched alkanes of at least 4 members (excludes halogenated alkanes) is 1. The lowest BCUT2D eigenvalue weighted by atomic mass is 10.1. The van der Waals surface area contributed by atoms with Crippen LogP contribution < -0.4 is 5.43 Å². The first-order valence-corrected chi connectivity index (χ1v) is 6.10. The fraction of sp³-hybridized carbons (Fsp3) is 0.385. The molecular formula is C13H17ClN2O. The zero-order valence-electron chi connectivity index (χ0n) is 10.2. The van der Waals surface area contributed by atoms with Crippen LogP contribution in [-0.2, 0) is 4.79 Å². The molecule has 1 aromatic carbocycles. The number of halogens is 1. The van der Waals surface area contributed by atoms with E-state index in [0.717, 1.165) is 18.5 Å². The third kappa shape index (κ3) is 5.00. The summed E-state index contributed by atoms with van der Waals surface area (Å²) < 4.78 is 0. The fourth-order valence-electron chi connectivity index (χ4n) is 1.29. The van der Waals surface area contributed by atoms with Crippen molar-refractivity contribution in [2.75, 3.05) is 5.43 Å². The second kappa shape index (κ2) is 7.07. The van der Waals surface area contributed by atoms with Crippen LogP contribution in [0.25, 0.3) is 0 Å². The van der Waals surface area contributed by atoms with Crippen molar-refractivity contribution in [3.8, 4) is 0 Å². The molecule has 0 fully saturated rings. The Morgan fingerprint density at radius 1 is 1.47 bits per heavy atom. The van der Waals surface area contributed by atoms with Gasteiger partial charge in [0.25, 0.3) is 0 Å². The summed E-state index contributed by atoms with van der Waals surface area (Å²) in [4.78, 5) is 11.6. The molecule has 1 rings (SSSR count). The van der Waals surface area contributed by atoms with Crippen molar-refractivity contribution in [3.63, 3.8) is 0 Å². The first-order valence-electron chi connectivity index (χ1n) is 5.72. The number of anilines is 1. The third-order valence-corrected chi connectivity index (χ3v) is 2.57. The quantitative estimate of drug-likeness (QED) is 0.617. The number of rotatable bonds is 6. The van der Waals surface area contributed by atoms with Crippen LogP contribution in [0.3, 0.4) is 0 Å². The molecule has 0 heterocycles. The normalized spacial score (nSPS) is 11.4. The summed E-state index contributed by atoms with van der Waals surface area (Å²) in [6.07, 6.45) is 2.48. The topological polar surface area (TPSA) is 41.5 Å². The van der Waals surface area contributed by atoms with Gasteiger partial charge in [-0.15, -0.1) is 0 Å². The van der Waals surface area contributed by atoms with Gasteiger partial charge in [-0.1, -0.05) is 31.0 Å². The van der Waals surface area contributed by atoms with Crippen LogP contribution in [0.1, 0.15) is 33.1 Å². The monoisotopic (exact) mass is 252 g/mol. The maximum Gasteiger partial charge on any atom is 0.178 e. The van der Waals surface area contributed by atoms with Crippen molar-refractivity contribution < 1.29 is 4.79 Å². The van der Waals surface area contributed by atoms with Gasteiger partial charge >= 0.3 is 0 Å². The van der Waals surface area contributed by atoms with E-state index in [-0.39, 0.29) is 5.78 Å². The highest BCUT2D eigenvalue weighted by molar-refractivity contribution is 6.39. The maximum atomic E-state index is 11.6. The second-order valence-corrected chi connectivity index (χ2v) is 4.28. The number of ketones is 1. The van der Waals surface area contributed by atoms with Gasteiger partial charge in [-0.3, -0.25) is 10.2 Å². The number of carbonyl (C=O) groups is 1. The minimum atomic E-state index is 0.0846. The minimum Gasteiger partial charge on any atom is -0.293 e. The van der Waals surface area contributed by atoms with Gasteiger partial charge in [0, 0.05) is 11.4 Å². The van der Waals surface area contributed by atoms with E-state index in [2.05, 4.69) is 17.5 Å². The van der Waals surface area contributed by atoms with E-state index in [4.69, 9.17) is 11.6 Å². The summed E-state index contributed by atoms with van der Waals surface area (Å²) in [6.45, 7) is 3.78. The summed E-state index contributed by atoms with van der Waals surface area (Å²) in [6, 6.07) is 7.22. The SMILES string of the molecule is CCCCC(=O)/C(C)=N/Nc1cccc(Cl)c1. The highest BCUT2D eigenvalue weighted by Crippen LogP contribution is 2.14. The molecule has 0 aromatic heterocycles. The Balaban J connectivity index is 2.55.